The molecule has 3 rings (SSSR count). The lowest BCUT2D eigenvalue weighted by Crippen LogP contribution is -2.21. The average Bonchev–Trinajstić information content (AvgIpc) is 2.66. The molecule has 138 valence electrons. The van der Waals surface area contributed by atoms with Crippen molar-refractivity contribution in [2.75, 3.05) is 26.5 Å². The largest absolute Gasteiger partial charge is 0.478 e. The molecule has 0 unspecified atom stereocenters. The molecule has 0 atom stereocenters. The first-order valence-electron chi connectivity index (χ1n) is 8.65. The summed E-state index contributed by atoms with van der Waals surface area (Å²) in [5.74, 6) is -0.351. The van der Waals surface area contributed by atoms with Crippen LogP contribution in [0.4, 0.5) is 5.69 Å². The van der Waals surface area contributed by atoms with Crippen LogP contribution in [0, 0.1) is 0 Å². The van der Waals surface area contributed by atoms with Crippen LogP contribution in [0.5, 0.6) is 0 Å². The Balaban J connectivity index is 2.49. The Morgan fingerprint density at radius 2 is 1.96 bits per heavy atom. The number of benzene rings is 2. The van der Waals surface area contributed by atoms with E-state index in [0.29, 0.717) is 16.9 Å². The number of rotatable bonds is 4. The standard InChI is InChI=1S/C22H22N2O3/c1-6-16(13(2)22(25)26)21-17-9-7-14(23-3)11-19(17)27-20-12-15(24(4)5)8-10-18(20)21/h6-12H,2H2,1,3-5H3,(H,25,26)/p+1/b16-6+. The van der Waals surface area contributed by atoms with Crippen LogP contribution in [0.15, 0.2) is 59.0 Å². The zero-order chi connectivity index (χ0) is 19.7. The molecule has 0 fully saturated rings. The lowest BCUT2D eigenvalue weighted by atomic mass is 9.89. The SMILES string of the molecule is C=C(C(=O)O)/C(=C\C)c1c2ccc(=[N+](C)C)cc-2oc2cc(NC)ccc12. The molecule has 27 heavy (non-hydrogen) atoms. The zero-order valence-electron chi connectivity index (χ0n) is 16.0. The van der Waals surface area contributed by atoms with Gasteiger partial charge in [0, 0.05) is 41.4 Å². The van der Waals surface area contributed by atoms with E-state index in [1.54, 1.807) is 6.08 Å². The minimum Gasteiger partial charge on any atom is -0.478 e. The number of carboxylic acid groups (broad SMARTS) is 1. The van der Waals surface area contributed by atoms with E-state index < -0.39 is 5.97 Å². The molecular weight excluding hydrogens is 340 g/mol. The summed E-state index contributed by atoms with van der Waals surface area (Å²) in [6, 6.07) is 11.7. The molecule has 2 aliphatic rings. The van der Waals surface area contributed by atoms with E-state index >= 15 is 0 Å². The number of nitrogens with one attached hydrogen (secondary N) is 1. The predicted octanol–water partition coefficient (Wildman–Crippen LogP) is 3.66. The van der Waals surface area contributed by atoms with Gasteiger partial charge in [-0.25, -0.2) is 9.37 Å². The van der Waals surface area contributed by atoms with E-state index in [1.165, 1.54) is 0 Å². The van der Waals surface area contributed by atoms with Crippen LogP contribution in [0.25, 0.3) is 27.9 Å². The van der Waals surface area contributed by atoms with Crippen molar-refractivity contribution in [1.29, 1.82) is 0 Å². The number of allylic oxidation sites excluding steroid dienone is 1. The maximum Gasteiger partial charge on any atom is 0.335 e. The second kappa shape index (κ2) is 7.11. The van der Waals surface area contributed by atoms with Crippen molar-refractivity contribution in [3.63, 3.8) is 0 Å². The van der Waals surface area contributed by atoms with Crippen LogP contribution in [-0.2, 0) is 4.79 Å². The highest BCUT2D eigenvalue weighted by Crippen LogP contribution is 2.39. The Morgan fingerprint density at radius 3 is 2.56 bits per heavy atom. The van der Waals surface area contributed by atoms with Crippen LogP contribution in [-0.4, -0.2) is 32.2 Å². The highest BCUT2D eigenvalue weighted by molar-refractivity contribution is 6.11. The fourth-order valence-corrected chi connectivity index (χ4v) is 3.19. The van der Waals surface area contributed by atoms with Crippen molar-refractivity contribution in [3.8, 4) is 11.3 Å². The Hall–Kier alpha value is -3.34. The van der Waals surface area contributed by atoms with Crippen molar-refractivity contribution in [2.45, 2.75) is 6.92 Å². The minimum absolute atomic E-state index is 0.0562. The topological polar surface area (TPSA) is 65.5 Å². The number of fused-ring (bicyclic) bond motifs is 2. The van der Waals surface area contributed by atoms with E-state index in [1.807, 2.05) is 69.0 Å². The fraction of sp³-hybridized carbons (Fsp3) is 0.182. The predicted molar refractivity (Wildman–Crippen MR) is 110 cm³/mol. The third-order valence-corrected chi connectivity index (χ3v) is 4.65. The van der Waals surface area contributed by atoms with Crippen molar-refractivity contribution in [3.05, 3.63) is 65.5 Å². The Morgan fingerprint density at radius 1 is 1.22 bits per heavy atom. The average molecular weight is 363 g/mol. The summed E-state index contributed by atoms with van der Waals surface area (Å²) < 4.78 is 8.18. The quantitative estimate of drug-likeness (QED) is 0.321. The van der Waals surface area contributed by atoms with Crippen LogP contribution < -0.4 is 15.2 Å². The van der Waals surface area contributed by atoms with Gasteiger partial charge in [0.15, 0.2) is 0 Å². The number of anilines is 1. The molecule has 5 heteroatoms. The van der Waals surface area contributed by atoms with Crippen molar-refractivity contribution in [2.24, 2.45) is 0 Å². The molecule has 0 saturated carbocycles. The zero-order valence-corrected chi connectivity index (χ0v) is 16.0. The molecule has 1 heterocycles. The number of carboxylic acids is 1. The molecule has 1 aliphatic heterocycles. The maximum absolute atomic E-state index is 11.6. The summed E-state index contributed by atoms with van der Waals surface area (Å²) in [4.78, 5) is 11.6. The highest BCUT2D eigenvalue weighted by Gasteiger charge is 2.22. The van der Waals surface area contributed by atoms with E-state index in [0.717, 1.165) is 27.6 Å². The summed E-state index contributed by atoms with van der Waals surface area (Å²) in [6.45, 7) is 5.60. The van der Waals surface area contributed by atoms with Crippen molar-refractivity contribution < 1.29 is 14.3 Å². The van der Waals surface area contributed by atoms with Gasteiger partial charge < -0.3 is 14.8 Å². The van der Waals surface area contributed by atoms with Gasteiger partial charge in [0.25, 0.3) is 0 Å². The van der Waals surface area contributed by atoms with Gasteiger partial charge in [0.05, 0.1) is 11.6 Å². The lowest BCUT2D eigenvalue weighted by molar-refractivity contribution is -0.132. The maximum atomic E-state index is 11.6. The number of nitrogens with zero attached hydrogens (tertiary/aromatic N) is 1. The second-order valence-electron chi connectivity index (χ2n) is 6.50. The first kappa shape index (κ1) is 18.5. The number of hydrogen-bond acceptors (Lipinski definition) is 3. The molecule has 0 spiro atoms. The van der Waals surface area contributed by atoms with Gasteiger partial charge in [-0.15, -0.1) is 0 Å². The van der Waals surface area contributed by atoms with Gasteiger partial charge in [-0.05, 0) is 30.7 Å². The highest BCUT2D eigenvalue weighted by atomic mass is 16.4. The molecular formula is C22H23N2O3+. The summed E-state index contributed by atoms with van der Waals surface area (Å²) in [6.07, 6.45) is 1.79. The lowest BCUT2D eigenvalue weighted by Gasteiger charge is -2.18. The van der Waals surface area contributed by atoms with Gasteiger partial charge in [-0.1, -0.05) is 12.7 Å². The molecule has 0 radical (unpaired) electrons. The van der Waals surface area contributed by atoms with Crippen molar-refractivity contribution >= 4 is 28.2 Å². The monoisotopic (exact) mass is 363 g/mol. The third kappa shape index (κ3) is 3.24. The normalized spacial score (nSPS) is 11.6. The van der Waals surface area contributed by atoms with Gasteiger partial charge in [0.2, 0.25) is 5.36 Å². The fourth-order valence-electron chi connectivity index (χ4n) is 3.19. The number of aliphatic carboxylic acids is 1. The van der Waals surface area contributed by atoms with E-state index in [2.05, 4.69) is 11.9 Å². The Kier molecular flexibility index (Phi) is 4.86. The molecule has 2 N–H and O–H groups in total. The summed E-state index contributed by atoms with van der Waals surface area (Å²) >= 11 is 0. The Bertz CT molecular complexity index is 1130. The summed E-state index contributed by atoms with van der Waals surface area (Å²) in [5.41, 5.74) is 3.90. The van der Waals surface area contributed by atoms with Crippen LogP contribution in [0.2, 0.25) is 0 Å². The molecule has 0 bridgehead atoms. The summed E-state index contributed by atoms with van der Waals surface area (Å²) in [5, 5.41) is 14.5. The van der Waals surface area contributed by atoms with E-state index in [9.17, 15) is 9.90 Å². The first-order valence-corrected chi connectivity index (χ1v) is 8.65. The van der Waals surface area contributed by atoms with E-state index in [-0.39, 0.29) is 5.57 Å². The van der Waals surface area contributed by atoms with Gasteiger partial charge in [-0.2, -0.15) is 0 Å². The Labute approximate surface area is 157 Å². The summed E-state index contributed by atoms with van der Waals surface area (Å²) in [7, 11) is 5.77. The number of carbonyl (C=O) groups is 1. The first-order chi connectivity index (χ1) is 12.9. The number of hydrogen-bond donors (Lipinski definition) is 2. The van der Waals surface area contributed by atoms with E-state index in [4.69, 9.17) is 4.42 Å². The molecule has 0 saturated heterocycles. The molecule has 1 aliphatic carbocycles. The minimum atomic E-state index is -1.04. The third-order valence-electron chi connectivity index (χ3n) is 4.65. The van der Waals surface area contributed by atoms with Crippen LogP contribution in [0.1, 0.15) is 12.5 Å². The van der Waals surface area contributed by atoms with Gasteiger partial charge in [-0.3, -0.25) is 0 Å². The molecule has 1 aromatic rings. The molecule has 5 nitrogen and oxygen atoms in total. The van der Waals surface area contributed by atoms with Crippen LogP contribution in [0.3, 0.4) is 0 Å². The molecule has 0 aromatic heterocycles. The molecule has 1 aromatic carbocycles. The van der Waals surface area contributed by atoms with Gasteiger partial charge >= 0.3 is 5.97 Å². The molecule has 0 amide bonds. The smallest absolute Gasteiger partial charge is 0.335 e. The van der Waals surface area contributed by atoms with Crippen molar-refractivity contribution in [1.82, 2.24) is 4.58 Å². The second-order valence-corrected chi connectivity index (χ2v) is 6.50. The van der Waals surface area contributed by atoms with Crippen LogP contribution >= 0.6 is 0 Å². The van der Waals surface area contributed by atoms with Gasteiger partial charge in [0.1, 0.15) is 25.4 Å².